The highest BCUT2D eigenvalue weighted by Gasteiger charge is 2.35. The Morgan fingerprint density at radius 3 is 2.46 bits per heavy atom. The van der Waals surface area contributed by atoms with Crippen LogP contribution in [0.2, 0.25) is 0 Å². The van der Waals surface area contributed by atoms with Crippen molar-refractivity contribution >= 4 is 23.1 Å². The summed E-state index contributed by atoms with van der Waals surface area (Å²) in [7, 11) is 0. The Hall–Kier alpha value is -3.69. The second-order valence-corrected chi connectivity index (χ2v) is 10.7. The van der Waals surface area contributed by atoms with Crippen molar-refractivity contribution in [1.82, 2.24) is 14.9 Å². The lowest BCUT2D eigenvalue weighted by Crippen LogP contribution is -2.59. The topological polar surface area (TPSA) is 111 Å². The van der Waals surface area contributed by atoms with Gasteiger partial charge in [0.25, 0.3) is 0 Å². The van der Waals surface area contributed by atoms with Crippen LogP contribution in [0.5, 0.6) is 0 Å². The Kier molecular flexibility index (Phi) is 7.99. The molecule has 3 heterocycles. The number of carbonyl (C=O) groups excluding carboxylic acids is 1. The van der Waals surface area contributed by atoms with Crippen molar-refractivity contribution in [3.8, 4) is 0 Å². The molecular formula is C30H39N7O2. The third kappa shape index (κ3) is 5.69. The maximum Gasteiger partial charge on any atom is 0.241 e. The van der Waals surface area contributed by atoms with Crippen LogP contribution in [0.1, 0.15) is 41.3 Å². The van der Waals surface area contributed by atoms with Gasteiger partial charge in [0, 0.05) is 68.1 Å². The number of rotatable bonds is 7. The number of aliphatic hydroxyl groups is 1. The van der Waals surface area contributed by atoms with Crippen LogP contribution in [0.3, 0.4) is 0 Å². The highest BCUT2D eigenvalue weighted by Crippen LogP contribution is 2.35. The zero-order valence-corrected chi connectivity index (χ0v) is 23.0. The molecule has 206 valence electrons. The van der Waals surface area contributed by atoms with Crippen LogP contribution in [0.15, 0.2) is 55.0 Å². The molecule has 9 heteroatoms. The predicted octanol–water partition coefficient (Wildman–Crippen LogP) is 3.15. The molecule has 0 saturated carbocycles. The van der Waals surface area contributed by atoms with Gasteiger partial charge in [-0.05, 0) is 62.4 Å². The Bertz CT molecular complexity index is 1280. The van der Waals surface area contributed by atoms with E-state index in [0.717, 1.165) is 59.8 Å². The lowest BCUT2D eigenvalue weighted by Gasteiger charge is -2.43. The lowest BCUT2D eigenvalue weighted by molar-refractivity contribution is -0.121. The number of hydrogen-bond donors (Lipinski definition) is 3. The Balaban J connectivity index is 1.31. The zero-order chi connectivity index (χ0) is 27.5. The summed E-state index contributed by atoms with van der Waals surface area (Å²) in [5, 5.41) is 15.4. The first-order valence-electron chi connectivity index (χ1n) is 13.7. The van der Waals surface area contributed by atoms with Crippen LogP contribution in [-0.2, 0) is 4.79 Å². The Morgan fingerprint density at radius 2 is 1.79 bits per heavy atom. The zero-order valence-electron chi connectivity index (χ0n) is 23.0. The molecule has 0 bridgehead atoms. The molecule has 0 radical (unpaired) electrons. The lowest BCUT2D eigenvalue weighted by atomic mass is 9.93. The second-order valence-electron chi connectivity index (χ2n) is 10.7. The number of nitrogens with one attached hydrogen (secondary N) is 1. The standard InChI is InChI=1S/C30H39N7O2/c1-20-17-21(2)28(34-23-9-13-35(14-10-23)26-18-32-11-12-33-26)22(3)27(20)30(39)36-15-16-37(25(19-36)29(31)38)24-7-5-4-6-8-24/h4-8,11-12,17-18,23,25,30,34,39H,9-10,13-16,19H2,1-3H3,(H2,31,38)/t25-,30?/m0/s1. The maximum atomic E-state index is 12.5. The van der Waals surface area contributed by atoms with Gasteiger partial charge in [-0.25, -0.2) is 4.98 Å². The number of aromatic nitrogens is 2. The quantitative estimate of drug-likeness (QED) is 0.428. The molecule has 0 aliphatic carbocycles. The minimum atomic E-state index is -0.829. The number of hydrogen-bond acceptors (Lipinski definition) is 8. The smallest absolute Gasteiger partial charge is 0.241 e. The average Bonchev–Trinajstić information content (AvgIpc) is 2.96. The number of piperidine rings is 1. The normalized spacial score (nSPS) is 19.6. The molecule has 2 fully saturated rings. The van der Waals surface area contributed by atoms with Gasteiger partial charge in [-0.2, -0.15) is 0 Å². The van der Waals surface area contributed by atoms with E-state index in [2.05, 4.69) is 40.1 Å². The number of anilines is 3. The van der Waals surface area contributed by atoms with Crippen LogP contribution < -0.4 is 20.9 Å². The molecule has 3 aromatic rings. The molecule has 1 aromatic heterocycles. The van der Waals surface area contributed by atoms with Crippen molar-refractivity contribution in [1.29, 1.82) is 0 Å². The molecule has 1 unspecified atom stereocenters. The van der Waals surface area contributed by atoms with Crippen LogP contribution in [-0.4, -0.2) is 70.7 Å². The molecule has 2 aliphatic heterocycles. The summed E-state index contributed by atoms with van der Waals surface area (Å²) in [4.78, 5) is 27.4. The highest BCUT2D eigenvalue weighted by molar-refractivity contribution is 5.84. The molecule has 2 saturated heterocycles. The first kappa shape index (κ1) is 26.9. The number of para-hydroxylation sites is 1. The number of nitrogens with two attached hydrogens (primary N) is 1. The van der Waals surface area contributed by atoms with Gasteiger partial charge < -0.3 is 26.0 Å². The van der Waals surface area contributed by atoms with E-state index in [-0.39, 0.29) is 5.91 Å². The van der Waals surface area contributed by atoms with Gasteiger partial charge in [-0.3, -0.25) is 14.7 Å². The van der Waals surface area contributed by atoms with Crippen molar-refractivity contribution in [3.05, 3.63) is 77.2 Å². The summed E-state index contributed by atoms with van der Waals surface area (Å²) in [5.41, 5.74) is 12.1. The Morgan fingerprint density at radius 1 is 1.05 bits per heavy atom. The molecule has 2 aliphatic rings. The Labute approximate surface area is 230 Å². The van der Waals surface area contributed by atoms with E-state index >= 15 is 0 Å². The van der Waals surface area contributed by atoms with Gasteiger partial charge in [0.1, 0.15) is 18.1 Å². The fraction of sp³-hybridized carbons (Fsp3) is 0.433. The summed E-state index contributed by atoms with van der Waals surface area (Å²) in [5.74, 6) is 0.536. The number of aliphatic hydroxyl groups excluding tert-OH is 1. The van der Waals surface area contributed by atoms with Gasteiger partial charge in [0.15, 0.2) is 0 Å². The van der Waals surface area contributed by atoms with Crippen molar-refractivity contribution in [2.45, 2.75) is 51.9 Å². The maximum absolute atomic E-state index is 12.5. The van der Waals surface area contributed by atoms with Crippen LogP contribution in [0.4, 0.5) is 17.2 Å². The fourth-order valence-electron chi connectivity index (χ4n) is 6.11. The van der Waals surface area contributed by atoms with Crippen molar-refractivity contribution in [2.24, 2.45) is 5.73 Å². The van der Waals surface area contributed by atoms with Crippen LogP contribution in [0, 0.1) is 20.8 Å². The molecule has 39 heavy (non-hydrogen) atoms. The van der Waals surface area contributed by atoms with Gasteiger partial charge in [0.2, 0.25) is 5.91 Å². The average molecular weight is 530 g/mol. The number of nitrogens with zero attached hydrogens (tertiary/aromatic N) is 5. The number of amides is 1. The van der Waals surface area contributed by atoms with Gasteiger partial charge in [-0.1, -0.05) is 24.3 Å². The number of primary amides is 1. The van der Waals surface area contributed by atoms with E-state index in [1.807, 2.05) is 53.3 Å². The van der Waals surface area contributed by atoms with E-state index < -0.39 is 12.3 Å². The van der Waals surface area contributed by atoms with E-state index in [1.54, 1.807) is 12.4 Å². The molecule has 0 spiro atoms. The number of piperazine rings is 1. The SMILES string of the molecule is Cc1cc(C)c(C(O)N2CCN(c3ccccc3)[C@H](C(N)=O)C2)c(C)c1NC1CCN(c2cnccn2)CC1. The highest BCUT2D eigenvalue weighted by atomic mass is 16.3. The minimum absolute atomic E-state index is 0.330. The van der Waals surface area contributed by atoms with Crippen molar-refractivity contribution in [3.63, 3.8) is 0 Å². The van der Waals surface area contributed by atoms with Crippen LogP contribution in [0.25, 0.3) is 0 Å². The number of carbonyl (C=O) groups is 1. The fourth-order valence-corrected chi connectivity index (χ4v) is 6.11. The molecule has 4 N–H and O–H groups in total. The van der Waals surface area contributed by atoms with E-state index in [4.69, 9.17) is 5.73 Å². The monoisotopic (exact) mass is 529 g/mol. The molecule has 1 amide bonds. The van der Waals surface area contributed by atoms with Crippen molar-refractivity contribution < 1.29 is 9.90 Å². The van der Waals surface area contributed by atoms with Crippen molar-refractivity contribution in [2.75, 3.05) is 47.8 Å². The first-order chi connectivity index (χ1) is 18.8. The molecule has 2 atom stereocenters. The first-order valence-corrected chi connectivity index (χ1v) is 13.7. The summed E-state index contributed by atoms with van der Waals surface area (Å²) in [6.07, 6.45) is 6.40. The summed E-state index contributed by atoms with van der Waals surface area (Å²) in [6.45, 7) is 9.67. The summed E-state index contributed by atoms with van der Waals surface area (Å²) in [6, 6.07) is 11.8. The molecular weight excluding hydrogens is 490 g/mol. The third-order valence-electron chi connectivity index (χ3n) is 8.18. The molecule has 5 rings (SSSR count). The van der Waals surface area contributed by atoms with Gasteiger partial charge in [-0.15, -0.1) is 0 Å². The van der Waals surface area contributed by atoms with E-state index in [9.17, 15) is 9.90 Å². The number of benzene rings is 2. The van der Waals surface area contributed by atoms with Gasteiger partial charge >= 0.3 is 0 Å². The second kappa shape index (κ2) is 11.6. The minimum Gasteiger partial charge on any atom is -0.382 e. The predicted molar refractivity (Wildman–Crippen MR) is 155 cm³/mol. The number of aryl methyl sites for hydroxylation is 2. The van der Waals surface area contributed by atoms with Crippen LogP contribution >= 0.6 is 0 Å². The third-order valence-corrected chi connectivity index (χ3v) is 8.18. The summed E-state index contributed by atoms with van der Waals surface area (Å²) >= 11 is 0. The van der Waals surface area contributed by atoms with E-state index in [1.165, 1.54) is 5.56 Å². The van der Waals surface area contributed by atoms with Gasteiger partial charge in [0.05, 0.1) is 6.20 Å². The summed E-state index contributed by atoms with van der Waals surface area (Å²) < 4.78 is 0. The largest absolute Gasteiger partial charge is 0.382 e. The molecule has 2 aromatic carbocycles. The molecule has 9 nitrogen and oxygen atoms in total. The van der Waals surface area contributed by atoms with E-state index in [0.29, 0.717) is 25.7 Å².